The van der Waals surface area contributed by atoms with Crippen molar-refractivity contribution in [1.29, 1.82) is 0 Å². The Labute approximate surface area is 176 Å². The monoisotopic (exact) mass is 431 g/mol. The number of hydrogen-bond acceptors (Lipinski definition) is 6. The van der Waals surface area contributed by atoms with E-state index < -0.39 is 10.0 Å². The molecule has 30 heavy (non-hydrogen) atoms. The minimum Gasteiger partial charge on any atom is -0.497 e. The summed E-state index contributed by atoms with van der Waals surface area (Å²) in [5.74, 6) is 1.22. The summed E-state index contributed by atoms with van der Waals surface area (Å²) >= 11 is 0. The quantitative estimate of drug-likeness (QED) is 0.726. The van der Waals surface area contributed by atoms with E-state index in [1.165, 1.54) is 5.01 Å². The second-order valence-electron chi connectivity index (χ2n) is 6.92. The highest BCUT2D eigenvalue weighted by Crippen LogP contribution is 2.39. The fraction of sp³-hybridized carbons (Fsp3) is 0.333. The first-order valence-corrected chi connectivity index (χ1v) is 11.3. The van der Waals surface area contributed by atoms with Gasteiger partial charge in [-0.3, -0.25) is 9.52 Å². The molecule has 1 atom stereocenters. The predicted octanol–water partition coefficient (Wildman–Crippen LogP) is 3.16. The predicted molar refractivity (Wildman–Crippen MR) is 115 cm³/mol. The Kier molecular flexibility index (Phi) is 6.31. The second-order valence-corrected chi connectivity index (χ2v) is 8.67. The number of benzene rings is 2. The van der Waals surface area contributed by atoms with Gasteiger partial charge in [-0.15, -0.1) is 0 Å². The van der Waals surface area contributed by atoms with E-state index in [1.807, 2.05) is 12.1 Å². The van der Waals surface area contributed by atoms with Crippen molar-refractivity contribution in [3.63, 3.8) is 0 Å². The van der Waals surface area contributed by atoms with Crippen molar-refractivity contribution in [2.24, 2.45) is 5.10 Å². The number of carbonyl (C=O) groups excluding carboxylic acids is 1. The van der Waals surface area contributed by atoms with Crippen LogP contribution >= 0.6 is 0 Å². The molecule has 9 heteroatoms. The zero-order chi connectivity index (χ0) is 21.9. The molecule has 1 N–H and O–H groups in total. The average Bonchev–Trinajstić information content (AvgIpc) is 3.17. The Morgan fingerprint density at radius 1 is 1.17 bits per heavy atom. The van der Waals surface area contributed by atoms with E-state index in [-0.39, 0.29) is 11.9 Å². The summed E-state index contributed by atoms with van der Waals surface area (Å²) in [7, 11) is -0.179. The minimum atomic E-state index is -3.35. The molecular formula is C21H25N3O5S. The molecule has 0 unspecified atom stereocenters. The maximum Gasteiger partial charge on any atom is 0.242 e. The van der Waals surface area contributed by atoms with Gasteiger partial charge in [0.2, 0.25) is 15.9 Å². The number of methoxy groups -OCH3 is 2. The topological polar surface area (TPSA) is 97.3 Å². The Morgan fingerprint density at radius 2 is 1.87 bits per heavy atom. The number of hydrogen-bond donors (Lipinski definition) is 1. The Balaban J connectivity index is 1.95. The number of nitrogens with one attached hydrogen (secondary N) is 1. The molecule has 0 spiro atoms. The zero-order valence-corrected chi connectivity index (χ0v) is 18.2. The molecule has 0 saturated heterocycles. The van der Waals surface area contributed by atoms with Gasteiger partial charge >= 0.3 is 0 Å². The molecule has 8 nitrogen and oxygen atoms in total. The highest BCUT2D eigenvalue weighted by molar-refractivity contribution is 7.92. The van der Waals surface area contributed by atoms with E-state index in [1.54, 1.807) is 51.5 Å². The van der Waals surface area contributed by atoms with Gasteiger partial charge in [0.1, 0.15) is 11.5 Å². The van der Waals surface area contributed by atoms with Crippen LogP contribution < -0.4 is 14.2 Å². The van der Waals surface area contributed by atoms with Crippen molar-refractivity contribution >= 4 is 27.3 Å². The molecule has 0 bridgehead atoms. The van der Waals surface area contributed by atoms with E-state index in [0.717, 1.165) is 23.1 Å². The zero-order valence-electron chi connectivity index (χ0n) is 17.4. The molecule has 1 aliphatic heterocycles. The van der Waals surface area contributed by atoms with Gasteiger partial charge in [-0.05, 0) is 35.9 Å². The van der Waals surface area contributed by atoms with Crippen LogP contribution in [0, 0.1) is 0 Å². The van der Waals surface area contributed by atoms with E-state index in [4.69, 9.17) is 9.47 Å². The number of rotatable bonds is 7. The van der Waals surface area contributed by atoms with Crippen LogP contribution in [0.3, 0.4) is 0 Å². The number of hydrazone groups is 1. The number of anilines is 1. The average molecular weight is 432 g/mol. The smallest absolute Gasteiger partial charge is 0.242 e. The summed E-state index contributed by atoms with van der Waals surface area (Å²) < 4.78 is 36.1. The van der Waals surface area contributed by atoms with Crippen molar-refractivity contribution in [3.8, 4) is 11.5 Å². The summed E-state index contributed by atoms with van der Waals surface area (Å²) in [5.41, 5.74) is 2.82. The molecule has 0 fully saturated rings. The molecule has 3 rings (SSSR count). The highest BCUT2D eigenvalue weighted by atomic mass is 32.2. The van der Waals surface area contributed by atoms with Crippen LogP contribution in [-0.4, -0.2) is 45.5 Å². The van der Waals surface area contributed by atoms with Gasteiger partial charge in [0.25, 0.3) is 0 Å². The first-order valence-electron chi connectivity index (χ1n) is 9.45. The van der Waals surface area contributed by atoms with Crippen LogP contribution in [-0.2, 0) is 14.8 Å². The SMILES string of the molecule is CCC(=O)N1N=C(c2ccc(NS(C)(=O)=O)cc2)C[C@@H]1c1cc(OC)ccc1OC. The van der Waals surface area contributed by atoms with E-state index in [2.05, 4.69) is 9.82 Å². The van der Waals surface area contributed by atoms with Gasteiger partial charge in [-0.25, -0.2) is 13.4 Å². The molecule has 160 valence electrons. The number of amides is 1. The third kappa shape index (κ3) is 4.73. The number of ether oxygens (including phenoxy) is 2. The maximum atomic E-state index is 12.6. The van der Waals surface area contributed by atoms with Crippen LogP contribution in [0.25, 0.3) is 0 Å². The van der Waals surface area contributed by atoms with Gasteiger partial charge in [0.15, 0.2) is 0 Å². The summed E-state index contributed by atoms with van der Waals surface area (Å²) in [6, 6.07) is 12.1. The number of nitrogens with zero attached hydrogens (tertiary/aromatic N) is 2. The molecule has 2 aromatic rings. The molecule has 0 saturated carbocycles. The standard InChI is InChI=1S/C21H25N3O5S/c1-5-21(25)24-19(17-12-16(28-2)10-11-20(17)29-3)13-18(22-24)14-6-8-15(9-7-14)23-30(4,26)27/h6-12,19,23H,5,13H2,1-4H3/t19-/m1/s1. The Morgan fingerprint density at radius 3 is 2.43 bits per heavy atom. The molecule has 0 radical (unpaired) electrons. The largest absolute Gasteiger partial charge is 0.497 e. The van der Waals surface area contributed by atoms with Crippen molar-refractivity contribution in [2.45, 2.75) is 25.8 Å². The van der Waals surface area contributed by atoms with Crippen molar-refractivity contribution in [2.75, 3.05) is 25.2 Å². The van der Waals surface area contributed by atoms with Crippen molar-refractivity contribution < 1.29 is 22.7 Å². The fourth-order valence-electron chi connectivity index (χ4n) is 3.36. The molecule has 1 aliphatic rings. The number of sulfonamides is 1. The minimum absolute atomic E-state index is 0.102. The van der Waals surface area contributed by atoms with Gasteiger partial charge in [0, 0.05) is 24.1 Å². The maximum absolute atomic E-state index is 12.6. The first-order chi connectivity index (χ1) is 14.3. The molecule has 2 aromatic carbocycles. The lowest BCUT2D eigenvalue weighted by Crippen LogP contribution is -2.26. The first kappa shape index (κ1) is 21.6. The lowest BCUT2D eigenvalue weighted by atomic mass is 9.97. The lowest BCUT2D eigenvalue weighted by molar-refractivity contribution is -0.132. The molecule has 0 aliphatic carbocycles. The molecular weight excluding hydrogens is 406 g/mol. The summed E-state index contributed by atoms with van der Waals surface area (Å²) in [6.45, 7) is 1.79. The molecule has 1 heterocycles. The van der Waals surface area contributed by atoms with Crippen molar-refractivity contribution in [3.05, 3.63) is 53.6 Å². The van der Waals surface area contributed by atoms with E-state index in [9.17, 15) is 13.2 Å². The van der Waals surface area contributed by atoms with E-state index >= 15 is 0 Å². The summed E-state index contributed by atoms with van der Waals surface area (Å²) in [5, 5.41) is 6.08. The van der Waals surface area contributed by atoms with Gasteiger partial charge < -0.3 is 9.47 Å². The normalized spacial score (nSPS) is 16.2. The van der Waals surface area contributed by atoms with Crippen molar-refractivity contribution in [1.82, 2.24) is 5.01 Å². The van der Waals surface area contributed by atoms with Crippen LogP contribution in [0.15, 0.2) is 47.6 Å². The van der Waals surface area contributed by atoms with E-state index in [0.29, 0.717) is 30.0 Å². The third-order valence-corrected chi connectivity index (χ3v) is 5.39. The summed E-state index contributed by atoms with van der Waals surface area (Å²) in [4.78, 5) is 12.6. The Bertz CT molecular complexity index is 1060. The highest BCUT2D eigenvalue weighted by Gasteiger charge is 2.34. The summed E-state index contributed by atoms with van der Waals surface area (Å²) in [6.07, 6.45) is 1.91. The Hall–Kier alpha value is -3.07. The fourth-order valence-corrected chi connectivity index (χ4v) is 3.93. The van der Waals surface area contributed by atoms with Gasteiger partial charge in [-0.1, -0.05) is 19.1 Å². The van der Waals surface area contributed by atoms with Crippen LogP contribution in [0.4, 0.5) is 5.69 Å². The second kappa shape index (κ2) is 8.74. The van der Waals surface area contributed by atoms with Crippen LogP contribution in [0.5, 0.6) is 11.5 Å². The van der Waals surface area contributed by atoms with Gasteiger partial charge in [-0.2, -0.15) is 5.10 Å². The van der Waals surface area contributed by atoms with Gasteiger partial charge in [0.05, 0.1) is 32.2 Å². The van der Waals surface area contributed by atoms with Crippen LogP contribution in [0.1, 0.15) is 36.9 Å². The lowest BCUT2D eigenvalue weighted by Gasteiger charge is -2.23. The van der Waals surface area contributed by atoms with Crippen LogP contribution in [0.2, 0.25) is 0 Å². The number of carbonyl (C=O) groups is 1. The molecule has 0 aromatic heterocycles. The molecule has 1 amide bonds. The third-order valence-electron chi connectivity index (χ3n) is 4.79.